The fraction of sp³-hybridized carbons (Fsp3) is 0.188. The lowest BCUT2D eigenvalue weighted by atomic mass is 10.1. The second-order valence-electron chi connectivity index (χ2n) is 5.36. The molecule has 0 atom stereocenters. The van der Waals surface area contributed by atoms with Gasteiger partial charge in [-0.3, -0.25) is 24.1 Å². The van der Waals surface area contributed by atoms with Crippen molar-refractivity contribution in [2.24, 2.45) is 0 Å². The minimum absolute atomic E-state index is 0.0189. The molecule has 1 aliphatic heterocycles. The van der Waals surface area contributed by atoms with Crippen molar-refractivity contribution in [1.82, 2.24) is 15.2 Å². The van der Waals surface area contributed by atoms with E-state index in [4.69, 9.17) is 11.6 Å². The summed E-state index contributed by atoms with van der Waals surface area (Å²) in [6.07, 6.45) is 1.44. The highest BCUT2D eigenvalue weighted by Crippen LogP contribution is 2.23. The Kier molecular flexibility index (Phi) is 5.29. The average molecular weight is 393 g/mol. The van der Waals surface area contributed by atoms with Crippen LogP contribution in [0.3, 0.4) is 0 Å². The number of anilines is 1. The number of amides is 4. The molecule has 0 saturated heterocycles. The standard InChI is InChI=1S/C16H13ClN4O4S/c17-11-7-19-16(26-11)20-12(22)5-6-18-13(23)8-21-14(24)9-3-1-2-4-10(9)15(21)25/h1-4,7H,5-6,8H2,(H,18,23)(H,19,20,22). The van der Waals surface area contributed by atoms with Crippen LogP contribution in [0.2, 0.25) is 4.34 Å². The summed E-state index contributed by atoms with van der Waals surface area (Å²) in [5.41, 5.74) is 0.568. The molecule has 0 saturated carbocycles. The fourth-order valence-corrected chi connectivity index (χ4v) is 3.22. The summed E-state index contributed by atoms with van der Waals surface area (Å²) in [5, 5.41) is 5.43. The van der Waals surface area contributed by atoms with Crippen molar-refractivity contribution in [2.45, 2.75) is 6.42 Å². The summed E-state index contributed by atoms with van der Waals surface area (Å²) < 4.78 is 0.453. The van der Waals surface area contributed by atoms with Gasteiger partial charge in [-0.15, -0.1) is 0 Å². The zero-order chi connectivity index (χ0) is 18.7. The first-order valence-electron chi connectivity index (χ1n) is 7.59. The molecule has 3 rings (SSSR count). The van der Waals surface area contributed by atoms with E-state index in [0.29, 0.717) is 9.47 Å². The number of rotatable bonds is 6. The van der Waals surface area contributed by atoms with Crippen molar-refractivity contribution in [3.8, 4) is 0 Å². The molecule has 2 aromatic rings. The second-order valence-corrected chi connectivity index (χ2v) is 7.02. The molecule has 0 fully saturated rings. The average Bonchev–Trinajstić information content (AvgIpc) is 3.12. The van der Waals surface area contributed by atoms with Crippen LogP contribution in [0, 0.1) is 0 Å². The lowest BCUT2D eigenvalue weighted by molar-refractivity contribution is -0.121. The number of nitrogens with zero attached hydrogens (tertiary/aromatic N) is 2. The molecule has 1 aliphatic rings. The third-order valence-corrected chi connectivity index (χ3v) is 4.61. The van der Waals surface area contributed by atoms with Gasteiger partial charge in [-0.25, -0.2) is 4.98 Å². The maximum absolute atomic E-state index is 12.2. The zero-order valence-electron chi connectivity index (χ0n) is 13.3. The minimum atomic E-state index is -0.524. The van der Waals surface area contributed by atoms with Crippen LogP contribution in [0.15, 0.2) is 30.5 Å². The van der Waals surface area contributed by atoms with Crippen LogP contribution in [-0.4, -0.2) is 46.6 Å². The molecule has 1 aromatic heterocycles. The van der Waals surface area contributed by atoms with Gasteiger partial charge < -0.3 is 10.6 Å². The van der Waals surface area contributed by atoms with Crippen molar-refractivity contribution in [2.75, 3.05) is 18.4 Å². The van der Waals surface area contributed by atoms with Crippen LogP contribution in [0.25, 0.3) is 0 Å². The molecule has 2 N–H and O–H groups in total. The molecule has 4 amide bonds. The molecule has 0 radical (unpaired) electrons. The zero-order valence-corrected chi connectivity index (χ0v) is 14.9. The Labute approximate surface area is 157 Å². The number of aromatic nitrogens is 1. The number of hydrogen-bond acceptors (Lipinski definition) is 6. The minimum Gasteiger partial charge on any atom is -0.354 e. The van der Waals surface area contributed by atoms with E-state index in [1.807, 2.05) is 0 Å². The van der Waals surface area contributed by atoms with Gasteiger partial charge in [-0.2, -0.15) is 0 Å². The first-order valence-corrected chi connectivity index (χ1v) is 8.78. The molecular formula is C16H13ClN4O4S. The monoisotopic (exact) mass is 392 g/mol. The lowest BCUT2D eigenvalue weighted by Crippen LogP contribution is -2.41. The summed E-state index contributed by atoms with van der Waals surface area (Å²) in [7, 11) is 0. The molecule has 10 heteroatoms. The number of carbonyl (C=O) groups is 4. The molecule has 0 spiro atoms. The maximum Gasteiger partial charge on any atom is 0.262 e. The van der Waals surface area contributed by atoms with Gasteiger partial charge >= 0.3 is 0 Å². The van der Waals surface area contributed by atoms with Gasteiger partial charge in [0.05, 0.1) is 17.3 Å². The van der Waals surface area contributed by atoms with E-state index in [2.05, 4.69) is 15.6 Å². The summed E-state index contributed by atoms with van der Waals surface area (Å²) >= 11 is 6.84. The number of benzene rings is 1. The molecule has 0 unspecified atom stereocenters. The van der Waals surface area contributed by atoms with Gasteiger partial charge in [0.25, 0.3) is 11.8 Å². The summed E-state index contributed by atoms with van der Waals surface area (Å²) in [6.45, 7) is -0.330. The van der Waals surface area contributed by atoms with Crippen molar-refractivity contribution in [1.29, 1.82) is 0 Å². The molecule has 1 aromatic carbocycles. The normalized spacial score (nSPS) is 12.9. The SMILES string of the molecule is O=C(CN1C(=O)c2ccccc2C1=O)NCCC(=O)Nc1ncc(Cl)s1. The summed E-state index contributed by atoms with van der Waals surface area (Å²) in [4.78, 5) is 52.8. The first kappa shape index (κ1) is 18.0. The van der Waals surface area contributed by atoms with Crippen LogP contribution in [0.4, 0.5) is 5.13 Å². The molecule has 0 aliphatic carbocycles. The van der Waals surface area contributed by atoms with E-state index in [0.717, 1.165) is 16.2 Å². The number of thiazole rings is 1. The van der Waals surface area contributed by atoms with Gasteiger partial charge in [0.2, 0.25) is 11.8 Å². The number of fused-ring (bicyclic) bond motifs is 1. The predicted octanol–water partition coefficient (Wildman–Crippen LogP) is 1.54. The van der Waals surface area contributed by atoms with E-state index in [1.165, 1.54) is 6.20 Å². The number of nitrogens with one attached hydrogen (secondary N) is 2. The molecule has 134 valence electrons. The first-order chi connectivity index (χ1) is 12.5. The third kappa shape index (κ3) is 3.89. The topological polar surface area (TPSA) is 108 Å². The maximum atomic E-state index is 12.2. The van der Waals surface area contributed by atoms with Crippen LogP contribution in [0.5, 0.6) is 0 Å². The Balaban J connectivity index is 1.45. The Morgan fingerprint density at radius 1 is 1.12 bits per heavy atom. The molecule has 8 nitrogen and oxygen atoms in total. The molecule has 26 heavy (non-hydrogen) atoms. The number of halogens is 1. The Morgan fingerprint density at radius 3 is 2.35 bits per heavy atom. The summed E-state index contributed by atoms with van der Waals surface area (Å²) in [5.74, 6) is -1.86. The Hall–Kier alpha value is -2.78. The molecule has 0 bridgehead atoms. The van der Waals surface area contributed by atoms with E-state index < -0.39 is 24.3 Å². The number of hydrogen-bond donors (Lipinski definition) is 2. The smallest absolute Gasteiger partial charge is 0.262 e. The van der Waals surface area contributed by atoms with E-state index in [9.17, 15) is 19.2 Å². The van der Waals surface area contributed by atoms with Crippen molar-refractivity contribution >= 4 is 51.7 Å². The number of carbonyl (C=O) groups excluding carboxylic acids is 4. The van der Waals surface area contributed by atoms with Crippen LogP contribution < -0.4 is 10.6 Å². The van der Waals surface area contributed by atoms with E-state index in [1.54, 1.807) is 24.3 Å². The van der Waals surface area contributed by atoms with Gasteiger partial charge in [0.1, 0.15) is 10.9 Å². The third-order valence-electron chi connectivity index (χ3n) is 3.58. The Bertz CT molecular complexity index is 863. The van der Waals surface area contributed by atoms with Gasteiger partial charge in [-0.05, 0) is 12.1 Å². The van der Waals surface area contributed by atoms with E-state index in [-0.39, 0.29) is 30.0 Å². The van der Waals surface area contributed by atoms with Crippen LogP contribution in [0.1, 0.15) is 27.1 Å². The van der Waals surface area contributed by atoms with Crippen molar-refractivity contribution < 1.29 is 19.2 Å². The highest BCUT2D eigenvalue weighted by molar-refractivity contribution is 7.19. The van der Waals surface area contributed by atoms with Gasteiger partial charge in [0, 0.05) is 13.0 Å². The van der Waals surface area contributed by atoms with Crippen molar-refractivity contribution in [3.05, 3.63) is 45.9 Å². The Morgan fingerprint density at radius 2 is 1.77 bits per heavy atom. The van der Waals surface area contributed by atoms with Crippen LogP contribution in [-0.2, 0) is 9.59 Å². The highest BCUT2D eigenvalue weighted by atomic mass is 35.5. The fourth-order valence-electron chi connectivity index (χ4n) is 2.39. The van der Waals surface area contributed by atoms with E-state index >= 15 is 0 Å². The summed E-state index contributed by atoms with van der Waals surface area (Å²) in [6, 6.07) is 6.40. The number of imide groups is 1. The second kappa shape index (κ2) is 7.63. The highest BCUT2D eigenvalue weighted by Gasteiger charge is 2.36. The predicted molar refractivity (Wildman–Crippen MR) is 95.2 cm³/mol. The van der Waals surface area contributed by atoms with Gasteiger partial charge in [0.15, 0.2) is 5.13 Å². The van der Waals surface area contributed by atoms with Gasteiger partial charge in [-0.1, -0.05) is 35.1 Å². The molecular weight excluding hydrogens is 380 g/mol. The van der Waals surface area contributed by atoms with Crippen LogP contribution >= 0.6 is 22.9 Å². The quantitative estimate of drug-likeness (QED) is 0.725. The largest absolute Gasteiger partial charge is 0.354 e. The lowest BCUT2D eigenvalue weighted by Gasteiger charge is -2.13. The molecule has 2 heterocycles. The van der Waals surface area contributed by atoms with Crippen molar-refractivity contribution in [3.63, 3.8) is 0 Å².